The highest BCUT2D eigenvalue weighted by Gasteiger charge is 2.15. The molecule has 4 aromatic rings. The van der Waals surface area contributed by atoms with Gasteiger partial charge in [-0.1, -0.05) is 60.7 Å². The maximum absolute atomic E-state index is 11.1. The van der Waals surface area contributed by atoms with E-state index in [9.17, 15) is 10.1 Å². The van der Waals surface area contributed by atoms with Crippen LogP contribution < -0.4 is 0 Å². The van der Waals surface area contributed by atoms with Gasteiger partial charge in [-0.3, -0.25) is 10.1 Å². The van der Waals surface area contributed by atoms with Gasteiger partial charge in [-0.05, 0) is 23.6 Å². The van der Waals surface area contributed by atoms with Crippen molar-refractivity contribution in [3.05, 3.63) is 106 Å². The van der Waals surface area contributed by atoms with Gasteiger partial charge >= 0.3 is 0 Å². The molecule has 0 fully saturated rings. The maximum atomic E-state index is 11.1. The minimum atomic E-state index is -0.376. The molecular formula is C22H19N3O2. The first-order valence-corrected chi connectivity index (χ1v) is 8.92. The molecule has 134 valence electrons. The summed E-state index contributed by atoms with van der Waals surface area (Å²) in [7, 11) is 0. The molecule has 0 N–H and O–H groups in total. The Morgan fingerprint density at radius 3 is 2.22 bits per heavy atom. The van der Waals surface area contributed by atoms with Crippen molar-refractivity contribution in [3.63, 3.8) is 0 Å². The van der Waals surface area contributed by atoms with Gasteiger partial charge in [0.2, 0.25) is 0 Å². The average Bonchev–Trinajstić information content (AvgIpc) is 3.04. The lowest BCUT2D eigenvalue weighted by atomic mass is 10.1. The molecule has 0 aliphatic carbocycles. The maximum Gasteiger partial charge on any atom is 0.271 e. The Bertz CT molecular complexity index is 1070. The first-order valence-electron chi connectivity index (χ1n) is 8.92. The largest absolute Gasteiger partial charge is 0.327 e. The summed E-state index contributed by atoms with van der Waals surface area (Å²) in [5.74, 6) is 0.924. The van der Waals surface area contributed by atoms with Crippen molar-refractivity contribution in [2.24, 2.45) is 0 Å². The number of nitro benzene ring substituents is 1. The summed E-state index contributed by atoms with van der Waals surface area (Å²) in [6.07, 6.45) is 1.57. The molecule has 0 unspecified atom stereocenters. The van der Waals surface area contributed by atoms with Gasteiger partial charge < -0.3 is 4.57 Å². The number of imidazole rings is 1. The third-order valence-electron chi connectivity index (χ3n) is 4.69. The van der Waals surface area contributed by atoms with E-state index in [4.69, 9.17) is 4.98 Å². The Kier molecular flexibility index (Phi) is 4.66. The number of benzene rings is 3. The number of rotatable bonds is 6. The number of aromatic nitrogens is 2. The van der Waals surface area contributed by atoms with Crippen molar-refractivity contribution >= 4 is 16.7 Å². The zero-order valence-electron chi connectivity index (χ0n) is 14.8. The minimum absolute atomic E-state index is 0.0708. The number of nitro groups is 1. The van der Waals surface area contributed by atoms with Crippen molar-refractivity contribution in [1.82, 2.24) is 9.55 Å². The summed E-state index contributed by atoms with van der Waals surface area (Å²) in [4.78, 5) is 15.5. The minimum Gasteiger partial charge on any atom is -0.327 e. The predicted octanol–water partition coefficient (Wildman–Crippen LogP) is 4.78. The van der Waals surface area contributed by atoms with Crippen molar-refractivity contribution < 1.29 is 4.92 Å². The first-order chi connectivity index (χ1) is 13.2. The SMILES string of the molecule is O=[N+]([O-])c1ccc2c(c1)nc(Cc1ccccc1)n2CCc1ccccc1. The molecule has 1 heterocycles. The third kappa shape index (κ3) is 3.72. The molecule has 0 amide bonds. The molecule has 0 aliphatic heterocycles. The Morgan fingerprint density at radius 2 is 1.56 bits per heavy atom. The topological polar surface area (TPSA) is 61.0 Å². The fourth-order valence-electron chi connectivity index (χ4n) is 3.33. The van der Waals surface area contributed by atoms with Gasteiger partial charge in [0.1, 0.15) is 5.82 Å². The predicted molar refractivity (Wildman–Crippen MR) is 106 cm³/mol. The van der Waals surface area contributed by atoms with E-state index in [0.717, 1.165) is 24.3 Å². The smallest absolute Gasteiger partial charge is 0.271 e. The highest BCUT2D eigenvalue weighted by atomic mass is 16.6. The van der Waals surface area contributed by atoms with Crippen LogP contribution in [0.4, 0.5) is 5.69 Å². The first kappa shape index (κ1) is 17.0. The summed E-state index contributed by atoms with van der Waals surface area (Å²) < 4.78 is 2.18. The summed E-state index contributed by atoms with van der Waals surface area (Å²) in [6, 6.07) is 25.4. The van der Waals surface area contributed by atoms with E-state index in [0.29, 0.717) is 11.9 Å². The summed E-state index contributed by atoms with van der Waals surface area (Å²) >= 11 is 0. The lowest BCUT2D eigenvalue weighted by molar-refractivity contribution is -0.384. The molecule has 0 aliphatic rings. The fourth-order valence-corrected chi connectivity index (χ4v) is 3.33. The second-order valence-corrected chi connectivity index (χ2v) is 6.51. The van der Waals surface area contributed by atoms with Gasteiger partial charge in [-0.2, -0.15) is 0 Å². The van der Waals surface area contributed by atoms with Gasteiger partial charge in [0.05, 0.1) is 16.0 Å². The molecule has 0 radical (unpaired) electrons. The molecule has 0 saturated carbocycles. The Labute approximate surface area is 157 Å². The third-order valence-corrected chi connectivity index (χ3v) is 4.69. The van der Waals surface area contributed by atoms with Gasteiger partial charge in [-0.15, -0.1) is 0 Å². The monoisotopic (exact) mass is 357 g/mol. The van der Waals surface area contributed by atoms with Crippen LogP contribution in [-0.2, 0) is 19.4 Å². The van der Waals surface area contributed by atoms with Gasteiger partial charge in [0, 0.05) is 25.1 Å². The Morgan fingerprint density at radius 1 is 0.889 bits per heavy atom. The Hall–Kier alpha value is -3.47. The average molecular weight is 357 g/mol. The molecule has 0 spiro atoms. The zero-order valence-corrected chi connectivity index (χ0v) is 14.8. The summed E-state index contributed by atoms with van der Waals surface area (Å²) in [5.41, 5.74) is 4.10. The van der Waals surface area contributed by atoms with Crippen LogP contribution >= 0.6 is 0 Å². The van der Waals surface area contributed by atoms with E-state index in [1.54, 1.807) is 18.2 Å². The van der Waals surface area contributed by atoms with Crippen LogP contribution in [0.3, 0.4) is 0 Å². The van der Waals surface area contributed by atoms with Crippen LogP contribution in [0.5, 0.6) is 0 Å². The van der Waals surface area contributed by atoms with Crippen molar-refractivity contribution in [2.45, 2.75) is 19.4 Å². The van der Waals surface area contributed by atoms with Crippen molar-refractivity contribution in [1.29, 1.82) is 0 Å². The normalized spacial score (nSPS) is 11.0. The van der Waals surface area contributed by atoms with Crippen LogP contribution in [0, 0.1) is 10.1 Å². The molecule has 5 nitrogen and oxygen atoms in total. The van der Waals surface area contributed by atoms with Crippen LogP contribution in [0.25, 0.3) is 11.0 Å². The molecule has 0 saturated heterocycles. The lowest BCUT2D eigenvalue weighted by Gasteiger charge is -2.10. The van der Waals surface area contributed by atoms with Crippen LogP contribution in [0.1, 0.15) is 17.0 Å². The zero-order chi connectivity index (χ0) is 18.6. The molecule has 1 aromatic heterocycles. The molecule has 0 bridgehead atoms. The quantitative estimate of drug-likeness (QED) is 0.369. The number of fused-ring (bicyclic) bond motifs is 1. The second kappa shape index (κ2) is 7.41. The Balaban J connectivity index is 1.72. The van der Waals surface area contributed by atoms with E-state index >= 15 is 0 Å². The van der Waals surface area contributed by atoms with Gasteiger partial charge in [0.15, 0.2) is 0 Å². The van der Waals surface area contributed by atoms with Crippen molar-refractivity contribution in [2.75, 3.05) is 0 Å². The number of hydrogen-bond acceptors (Lipinski definition) is 3. The number of nitrogens with zero attached hydrogens (tertiary/aromatic N) is 3. The molecule has 27 heavy (non-hydrogen) atoms. The highest BCUT2D eigenvalue weighted by molar-refractivity contribution is 5.78. The summed E-state index contributed by atoms with van der Waals surface area (Å²) in [5, 5.41) is 11.1. The van der Waals surface area contributed by atoms with E-state index in [1.807, 2.05) is 36.4 Å². The molecule has 4 rings (SSSR count). The summed E-state index contributed by atoms with van der Waals surface area (Å²) in [6.45, 7) is 0.778. The lowest BCUT2D eigenvalue weighted by Crippen LogP contribution is -2.07. The van der Waals surface area contributed by atoms with Crippen molar-refractivity contribution in [3.8, 4) is 0 Å². The van der Waals surface area contributed by atoms with E-state index in [1.165, 1.54) is 11.1 Å². The molecule has 0 atom stereocenters. The van der Waals surface area contributed by atoms with Crippen LogP contribution in [0.15, 0.2) is 78.9 Å². The van der Waals surface area contributed by atoms with E-state index < -0.39 is 0 Å². The fraction of sp³-hybridized carbons (Fsp3) is 0.136. The number of aryl methyl sites for hydroxylation is 2. The second-order valence-electron chi connectivity index (χ2n) is 6.51. The molecule has 5 heteroatoms. The van der Waals surface area contributed by atoms with Crippen LogP contribution in [0.2, 0.25) is 0 Å². The van der Waals surface area contributed by atoms with E-state index in [2.05, 4.69) is 28.8 Å². The number of hydrogen-bond donors (Lipinski definition) is 0. The standard InChI is InChI=1S/C22H19N3O2/c26-25(27)19-11-12-21-20(16-19)23-22(15-18-9-5-2-6-10-18)24(21)14-13-17-7-3-1-4-8-17/h1-12,16H,13-15H2. The van der Waals surface area contributed by atoms with Gasteiger partial charge in [-0.25, -0.2) is 4.98 Å². The van der Waals surface area contributed by atoms with E-state index in [-0.39, 0.29) is 10.6 Å². The highest BCUT2D eigenvalue weighted by Crippen LogP contribution is 2.24. The number of non-ortho nitro benzene ring substituents is 1. The van der Waals surface area contributed by atoms with Crippen LogP contribution in [-0.4, -0.2) is 14.5 Å². The molecular weight excluding hydrogens is 338 g/mol. The molecule has 3 aromatic carbocycles. The van der Waals surface area contributed by atoms with Gasteiger partial charge in [0.25, 0.3) is 5.69 Å².